The molecular weight excluding hydrogens is 418 g/mol. The lowest BCUT2D eigenvalue weighted by Gasteiger charge is -2.07. The lowest BCUT2D eigenvalue weighted by atomic mass is 10.2. The Morgan fingerprint density at radius 2 is 1.50 bits per heavy atom. The summed E-state index contributed by atoms with van der Waals surface area (Å²) in [6.45, 7) is 0. The predicted octanol–water partition coefficient (Wildman–Crippen LogP) is 5.70. The Hall–Kier alpha value is -3.56. The highest BCUT2D eigenvalue weighted by molar-refractivity contribution is 9.10. The minimum absolute atomic E-state index is 0.0347. The molecule has 0 unspecified atom stereocenters. The van der Waals surface area contributed by atoms with Gasteiger partial charge in [-0.3, -0.25) is 4.79 Å². The van der Waals surface area contributed by atoms with E-state index >= 15 is 0 Å². The molecule has 0 saturated carbocycles. The molecule has 28 heavy (non-hydrogen) atoms. The van der Waals surface area contributed by atoms with Crippen molar-refractivity contribution in [1.82, 2.24) is 0 Å². The summed E-state index contributed by atoms with van der Waals surface area (Å²) in [5, 5.41) is 14.9. The van der Waals surface area contributed by atoms with Gasteiger partial charge in [-0.05, 0) is 60.7 Å². The van der Waals surface area contributed by atoms with E-state index in [1.54, 1.807) is 36.4 Å². The van der Waals surface area contributed by atoms with Gasteiger partial charge in [0.15, 0.2) is 0 Å². The monoisotopic (exact) mass is 433 g/mol. The van der Waals surface area contributed by atoms with Crippen LogP contribution in [0.4, 0.5) is 11.4 Å². The van der Waals surface area contributed by atoms with Gasteiger partial charge in [-0.1, -0.05) is 34.1 Å². The molecule has 138 valence electrons. The summed E-state index contributed by atoms with van der Waals surface area (Å²) in [7, 11) is 0. The van der Waals surface area contributed by atoms with Gasteiger partial charge in [-0.2, -0.15) is 5.26 Å². The number of halogens is 1. The Morgan fingerprint density at radius 3 is 2.14 bits per heavy atom. The number of carbonyl (C=O) groups excluding carboxylic acids is 1. The molecule has 6 heteroatoms. The molecule has 0 aromatic heterocycles. The molecule has 0 atom stereocenters. The van der Waals surface area contributed by atoms with Crippen molar-refractivity contribution in [2.75, 3.05) is 10.6 Å². The average molecular weight is 434 g/mol. The fourth-order valence-corrected chi connectivity index (χ4v) is 2.54. The zero-order valence-electron chi connectivity index (χ0n) is 14.7. The SMILES string of the molecule is N#C/C(=C/Nc1ccc(Oc2ccccc2)cc1)C(=O)Nc1ccc(Br)cc1. The largest absolute Gasteiger partial charge is 0.457 e. The van der Waals surface area contributed by atoms with E-state index in [9.17, 15) is 10.1 Å². The van der Waals surface area contributed by atoms with E-state index in [-0.39, 0.29) is 5.57 Å². The molecule has 1 amide bonds. The Morgan fingerprint density at radius 1 is 0.893 bits per heavy atom. The van der Waals surface area contributed by atoms with Crippen molar-refractivity contribution in [2.45, 2.75) is 0 Å². The number of nitrogens with zero attached hydrogens (tertiary/aromatic N) is 1. The molecule has 5 nitrogen and oxygen atoms in total. The van der Waals surface area contributed by atoms with Gasteiger partial charge < -0.3 is 15.4 Å². The van der Waals surface area contributed by atoms with Crippen molar-refractivity contribution in [3.8, 4) is 17.6 Å². The van der Waals surface area contributed by atoms with Crippen LogP contribution < -0.4 is 15.4 Å². The first kappa shape index (κ1) is 19.2. The van der Waals surface area contributed by atoms with Gasteiger partial charge in [-0.15, -0.1) is 0 Å². The minimum Gasteiger partial charge on any atom is -0.457 e. The summed E-state index contributed by atoms with van der Waals surface area (Å²) in [6, 6.07) is 25.7. The van der Waals surface area contributed by atoms with Crippen LogP contribution in [0.1, 0.15) is 0 Å². The molecule has 3 aromatic carbocycles. The first-order valence-electron chi connectivity index (χ1n) is 8.41. The quantitative estimate of drug-likeness (QED) is 0.386. The zero-order chi connectivity index (χ0) is 19.8. The first-order valence-corrected chi connectivity index (χ1v) is 9.20. The van der Waals surface area contributed by atoms with Crippen LogP contribution in [-0.4, -0.2) is 5.91 Å². The van der Waals surface area contributed by atoms with Gasteiger partial charge in [-0.25, -0.2) is 0 Å². The molecule has 0 spiro atoms. The number of hydrogen-bond acceptors (Lipinski definition) is 4. The smallest absolute Gasteiger partial charge is 0.267 e. The third-order valence-electron chi connectivity index (χ3n) is 3.68. The molecule has 0 saturated heterocycles. The van der Waals surface area contributed by atoms with E-state index < -0.39 is 5.91 Å². The van der Waals surface area contributed by atoms with E-state index in [0.717, 1.165) is 15.9 Å². The molecule has 3 rings (SSSR count). The maximum absolute atomic E-state index is 12.2. The highest BCUT2D eigenvalue weighted by atomic mass is 79.9. The third kappa shape index (κ3) is 5.47. The second-order valence-electron chi connectivity index (χ2n) is 5.71. The number of anilines is 2. The summed E-state index contributed by atoms with van der Waals surface area (Å²) in [6.07, 6.45) is 1.38. The fourth-order valence-electron chi connectivity index (χ4n) is 2.28. The van der Waals surface area contributed by atoms with Crippen LogP contribution in [0, 0.1) is 11.3 Å². The van der Waals surface area contributed by atoms with E-state index in [2.05, 4.69) is 26.6 Å². The predicted molar refractivity (Wildman–Crippen MR) is 113 cm³/mol. The van der Waals surface area contributed by atoms with Crippen LogP contribution >= 0.6 is 15.9 Å². The molecule has 0 aliphatic heterocycles. The normalized spacial score (nSPS) is 10.6. The van der Waals surface area contributed by atoms with E-state index in [0.29, 0.717) is 11.4 Å². The Bertz CT molecular complexity index is 1010. The lowest BCUT2D eigenvalue weighted by Crippen LogP contribution is -2.14. The van der Waals surface area contributed by atoms with Crippen molar-refractivity contribution in [3.05, 3.63) is 95.1 Å². The number of benzene rings is 3. The number of carbonyl (C=O) groups is 1. The average Bonchev–Trinajstić information content (AvgIpc) is 2.72. The van der Waals surface area contributed by atoms with Crippen LogP contribution in [-0.2, 0) is 4.79 Å². The van der Waals surface area contributed by atoms with Crippen molar-refractivity contribution in [3.63, 3.8) is 0 Å². The molecular formula is C22H16BrN3O2. The summed E-state index contributed by atoms with van der Waals surface area (Å²) in [5.74, 6) is 0.954. The van der Waals surface area contributed by atoms with Crippen LogP contribution in [0.3, 0.4) is 0 Å². The highest BCUT2D eigenvalue weighted by Gasteiger charge is 2.09. The number of amides is 1. The molecule has 0 fully saturated rings. The Balaban J connectivity index is 1.61. The second kappa shape index (κ2) is 9.40. The van der Waals surface area contributed by atoms with Gasteiger partial charge in [0.25, 0.3) is 5.91 Å². The van der Waals surface area contributed by atoms with E-state index in [4.69, 9.17) is 4.74 Å². The number of rotatable bonds is 6. The van der Waals surface area contributed by atoms with Crippen molar-refractivity contribution >= 4 is 33.2 Å². The van der Waals surface area contributed by atoms with Gasteiger partial charge in [0.05, 0.1) is 0 Å². The zero-order valence-corrected chi connectivity index (χ0v) is 16.3. The molecule has 0 aliphatic rings. The number of ether oxygens (including phenoxy) is 1. The molecule has 2 N–H and O–H groups in total. The highest BCUT2D eigenvalue weighted by Crippen LogP contribution is 2.22. The van der Waals surface area contributed by atoms with Crippen LogP contribution in [0.25, 0.3) is 0 Å². The van der Waals surface area contributed by atoms with Crippen LogP contribution in [0.2, 0.25) is 0 Å². The van der Waals surface area contributed by atoms with Crippen molar-refractivity contribution in [2.24, 2.45) is 0 Å². The third-order valence-corrected chi connectivity index (χ3v) is 4.21. The standard InChI is InChI=1S/C22H16BrN3O2/c23-17-6-8-19(9-7-17)26-22(27)16(14-24)15-25-18-10-12-21(13-11-18)28-20-4-2-1-3-5-20/h1-13,15,25H,(H,26,27)/b16-15-. The fraction of sp³-hybridized carbons (Fsp3) is 0. The van der Waals surface area contributed by atoms with Crippen molar-refractivity contribution in [1.29, 1.82) is 5.26 Å². The van der Waals surface area contributed by atoms with Gasteiger partial charge in [0.1, 0.15) is 23.1 Å². The maximum atomic E-state index is 12.2. The summed E-state index contributed by atoms with van der Waals surface area (Å²) in [4.78, 5) is 12.2. The summed E-state index contributed by atoms with van der Waals surface area (Å²) < 4.78 is 6.64. The van der Waals surface area contributed by atoms with Gasteiger partial charge in [0.2, 0.25) is 0 Å². The van der Waals surface area contributed by atoms with E-state index in [1.165, 1.54) is 6.20 Å². The number of nitrogens with one attached hydrogen (secondary N) is 2. The Kier molecular flexibility index (Phi) is 6.45. The lowest BCUT2D eigenvalue weighted by molar-refractivity contribution is -0.112. The van der Waals surface area contributed by atoms with Crippen LogP contribution in [0.5, 0.6) is 11.5 Å². The molecule has 0 aliphatic carbocycles. The Labute approximate surface area is 171 Å². The summed E-state index contributed by atoms with van der Waals surface area (Å²) >= 11 is 3.33. The first-order chi connectivity index (χ1) is 13.6. The van der Waals surface area contributed by atoms with Crippen LogP contribution in [0.15, 0.2) is 95.1 Å². The van der Waals surface area contributed by atoms with Gasteiger partial charge >= 0.3 is 0 Å². The minimum atomic E-state index is -0.485. The summed E-state index contributed by atoms with van der Waals surface area (Å²) in [5.41, 5.74) is 1.30. The number of para-hydroxylation sites is 1. The molecule has 0 radical (unpaired) electrons. The topological polar surface area (TPSA) is 74.1 Å². The second-order valence-corrected chi connectivity index (χ2v) is 6.63. The maximum Gasteiger partial charge on any atom is 0.267 e. The van der Waals surface area contributed by atoms with Gasteiger partial charge in [0, 0.05) is 22.0 Å². The number of nitriles is 1. The van der Waals surface area contributed by atoms with Crippen molar-refractivity contribution < 1.29 is 9.53 Å². The number of hydrogen-bond donors (Lipinski definition) is 2. The molecule has 0 heterocycles. The van der Waals surface area contributed by atoms with E-state index in [1.807, 2.05) is 48.5 Å². The molecule has 3 aromatic rings. The molecule has 0 bridgehead atoms.